The molecule has 1 saturated heterocycles. The summed E-state index contributed by atoms with van der Waals surface area (Å²) in [6, 6.07) is 3.29. The van der Waals surface area contributed by atoms with Crippen molar-refractivity contribution in [3.63, 3.8) is 0 Å². The lowest BCUT2D eigenvalue weighted by molar-refractivity contribution is 0.0664. The normalized spacial score (nSPS) is 18.3. The second kappa shape index (κ2) is 8.94. The van der Waals surface area contributed by atoms with Gasteiger partial charge in [-0.15, -0.1) is 0 Å². The first-order chi connectivity index (χ1) is 12.6. The fraction of sp³-hybridized carbons (Fsp3) is 0.550. The van der Waals surface area contributed by atoms with Crippen LogP contribution in [-0.4, -0.2) is 66.4 Å². The van der Waals surface area contributed by atoms with Crippen molar-refractivity contribution < 1.29 is 9.59 Å². The average molecular weight is 356 g/mol. The molecule has 1 aromatic rings. The zero-order valence-electron chi connectivity index (χ0n) is 15.5. The van der Waals surface area contributed by atoms with Crippen molar-refractivity contribution >= 4 is 11.8 Å². The average Bonchev–Trinajstić information content (AvgIpc) is 2.69. The van der Waals surface area contributed by atoms with Crippen LogP contribution in [0.2, 0.25) is 0 Å². The molecular formula is C20H28N4O2. The lowest BCUT2D eigenvalue weighted by Crippen LogP contribution is -2.47. The lowest BCUT2D eigenvalue weighted by Gasteiger charge is -2.32. The molecule has 6 nitrogen and oxygen atoms in total. The van der Waals surface area contributed by atoms with Crippen LogP contribution in [0.3, 0.4) is 0 Å². The Kier molecular flexibility index (Phi) is 6.39. The molecule has 26 heavy (non-hydrogen) atoms. The number of amides is 2. The predicted molar refractivity (Wildman–Crippen MR) is 101 cm³/mol. The van der Waals surface area contributed by atoms with Crippen molar-refractivity contribution in [2.75, 3.05) is 39.8 Å². The van der Waals surface area contributed by atoms with Crippen LogP contribution in [0.25, 0.3) is 0 Å². The molecule has 1 aliphatic carbocycles. The van der Waals surface area contributed by atoms with Crippen LogP contribution in [0.15, 0.2) is 30.0 Å². The summed E-state index contributed by atoms with van der Waals surface area (Å²) < 4.78 is 0. The fourth-order valence-corrected chi connectivity index (χ4v) is 3.44. The summed E-state index contributed by atoms with van der Waals surface area (Å²) in [4.78, 5) is 33.2. The topological polar surface area (TPSA) is 65.5 Å². The number of pyridine rings is 1. The van der Waals surface area contributed by atoms with Gasteiger partial charge < -0.3 is 15.1 Å². The first-order valence-corrected chi connectivity index (χ1v) is 9.53. The maximum Gasteiger partial charge on any atom is 0.269 e. The summed E-state index contributed by atoms with van der Waals surface area (Å²) in [5, 5.41) is 2.92. The van der Waals surface area contributed by atoms with Gasteiger partial charge in [-0.25, -0.2) is 0 Å². The van der Waals surface area contributed by atoms with Gasteiger partial charge in [-0.1, -0.05) is 11.6 Å². The SMILES string of the molecule is CN1CCN(C(=O)c2ccnc(C(=O)NCCC3=CCCCC3)c2)CC1. The molecule has 0 aromatic carbocycles. The van der Waals surface area contributed by atoms with Crippen LogP contribution in [-0.2, 0) is 0 Å². The van der Waals surface area contributed by atoms with Gasteiger partial charge in [0.1, 0.15) is 5.69 Å². The quantitative estimate of drug-likeness (QED) is 0.821. The van der Waals surface area contributed by atoms with E-state index in [0.29, 0.717) is 30.9 Å². The van der Waals surface area contributed by atoms with E-state index < -0.39 is 0 Å². The van der Waals surface area contributed by atoms with E-state index >= 15 is 0 Å². The fourth-order valence-electron chi connectivity index (χ4n) is 3.44. The third-order valence-corrected chi connectivity index (χ3v) is 5.15. The maximum atomic E-state index is 12.6. The minimum atomic E-state index is -0.213. The van der Waals surface area contributed by atoms with E-state index in [4.69, 9.17) is 0 Å². The predicted octanol–water partition coefficient (Wildman–Crippen LogP) is 2.09. The molecule has 1 fully saturated rings. The summed E-state index contributed by atoms with van der Waals surface area (Å²) in [6.45, 7) is 3.80. The van der Waals surface area contributed by atoms with Crippen LogP contribution in [0.5, 0.6) is 0 Å². The van der Waals surface area contributed by atoms with Crippen molar-refractivity contribution in [1.29, 1.82) is 0 Å². The van der Waals surface area contributed by atoms with Crippen LogP contribution in [0.1, 0.15) is 53.0 Å². The summed E-state index contributed by atoms with van der Waals surface area (Å²) >= 11 is 0. The van der Waals surface area contributed by atoms with Crippen LogP contribution < -0.4 is 5.32 Å². The van der Waals surface area contributed by atoms with Gasteiger partial charge in [-0.05, 0) is 51.3 Å². The second-order valence-electron chi connectivity index (χ2n) is 7.14. The Morgan fingerprint density at radius 3 is 2.73 bits per heavy atom. The Balaban J connectivity index is 1.55. The summed E-state index contributed by atoms with van der Waals surface area (Å²) in [6.07, 6.45) is 9.55. The number of piperazine rings is 1. The zero-order chi connectivity index (χ0) is 18.4. The summed E-state index contributed by atoms with van der Waals surface area (Å²) in [7, 11) is 2.06. The minimum absolute atomic E-state index is 0.0260. The highest BCUT2D eigenvalue weighted by Gasteiger charge is 2.21. The van der Waals surface area contributed by atoms with E-state index in [1.807, 2.05) is 4.90 Å². The highest BCUT2D eigenvalue weighted by molar-refractivity contribution is 5.98. The first-order valence-electron chi connectivity index (χ1n) is 9.53. The summed E-state index contributed by atoms with van der Waals surface area (Å²) in [5.41, 5.74) is 2.27. The molecule has 0 unspecified atom stereocenters. The van der Waals surface area contributed by atoms with E-state index in [1.165, 1.54) is 18.4 Å². The Morgan fingerprint density at radius 2 is 2.00 bits per heavy atom. The van der Waals surface area contributed by atoms with Crippen molar-refractivity contribution in [3.05, 3.63) is 41.2 Å². The number of nitrogens with zero attached hydrogens (tertiary/aromatic N) is 3. The number of aromatic nitrogens is 1. The molecule has 2 heterocycles. The number of carbonyl (C=O) groups excluding carboxylic acids is 2. The molecule has 140 valence electrons. The number of hydrogen-bond acceptors (Lipinski definition) is 4. The minimum Gasteiger partial charge on any atom is -0.350 e. The van der Waals surface area contributed by atoms with Gasteiger partial charge in [-0.2, -0.15) is 0 Å². The molecule has 0 saturated carbocycles. The number of hydrogen-bond donors (Lipinski definition) is 1. The Morgan fingerprint density at radius 1 is 1.19 bits per heavy atom. The highest BCUT2D eigenvalue weighted by Crippen LogP contribution is 2.19. The third-order valence-electron chi connectivity index (χ3n) is 5.15. The molecule has 0 atom stereocenters. The summed E-state index contributed by atoms with van der Waals surface area (Å²) in [5.74, 6) is -0.239. The number of nitrogens with one attached hydrogen (secondary N) is 1. The van der Waals surface area contributed by atoms with Gasteiger partial charge in [0.2, 0.25) is 0 Å². The lowest BCUT2D eigenvalue weighted by atomic mass is 9.97. The molecule has 3 rings (SSSR count). The van der Waals surface area contributed by atoms with Gasteiger partial charge >= 0.3 is 0 Å². The zero-order valence-corrected chi connectivity index (χ0v) is 15.5. The molecule has 6 heteroatoms. The standard InChI is InChI=1S/C20H28N4O2/c1-23-11-13-24(14-12-23)20(26)17-8-10-21-18(15-17)19(25)22-9-7-16-5-3-2-4-6-16/h5,8,10,15H,2-4,6-7,9,11-14H2,1H3,(H,22,25). The van der Waals surface area contributed by atoms with Gasteiger partial charge in [0.05, 0.1) is 0 Å². The number of likely N-dealkylation sites (N-methyl/N-ethyl adjacent to an activating group) is 1. The van der Waals surface area contributed by atoms with Crippen molar-refractivity contribution in [2.45, 2.75) is 32.1 Å². The van der Waals surface area contributed by atoms with Crippen molar-refractivity contribution in [3.8, 4) is 0 Å². The molecule has 1 aromatic heterocycles. The molecule has 0 bridgehead atoms. The van der Waals surface area contributed by atoms with E-state index in [-0.39, 0.29) is 11.8 Å². The molecule has 0 spiro atoms. The number of rotatable bonds is 5. The molecule has 1 N–H and O–H groups in total. The van der Waals surface area contributed by atoms with Gasteiger partial charge in [0.15, 0.2) is 0 Å². The van der Waals surface area contributed by atoms with E-state index in [9.17, 15) is 9.59 Å². The Hall–Kier alpha value is -2.21. The molecule has 2 aliphatic rings. The third kappa shape index (κ3) is 4.91. The highest BCUT2D eigenvalue weighted by atomic mass is 16.2. The van der Waals surface area contributed by atoms with E-state index in [0.717, 1.165) is 32.4 Å². The van der Waals surface area contributed by atoms with Crippen molar-refractivity contribution in [2.24, 2.45) is 0 Å². The van der Waals surface area contributed by atoms with E-state index in [2.05, 4.69) is 28.3 Å². The number of carbonyl (C=O) groups is 2. The Labute approximate surface area is 155 Å². The van der Waals surface area contributed by atoms with Crippen LogP contribution in [0.4, 0.5) is 0 Å². The molecular weight excluding hydrogens is 328 g/mol. The van der Waals surface area contributed by atoms with Crippen LogP contribution in [0, 0.1) is 0 Å². The van der Waals surface area contributed by atoms with Crippen molar-refractivity contribution in [1.82, 2.24) is 20.1 Å². The smallest absolute Gasteiger partial charge is 0.269 e. The molecule has 1 aliphatic heterocycles. The van der Waals surface area contributed by atoms with E-state index in [1.54, 1.807) is 18.3 Å². The molecule has 0 radical (unpaired) electrons. The first kappa shape index (κ1) is 18.6. The van der Waals surface area contributed by atoms with Gasteiger partial charge in [0.25, 0.3) is 11.8 Å². The number of allylic oxidation sites excluding steroid dienone is 1. The maximum absolute atomic E-state index is 12.6. The second-order valence-corrected chi connectivity index (χ2v) is 7.14. The molecule has 2 amide bonds. The van der Waals surface area contributed by atoms with Gasteiger partial charge in [-0.3, -0.25) is 14.6 Å². The Bertz CT molecular complexity index is 678. The largest absolute Gasteiger partial charge is 0.350 e. The monoisotopic (exact) mass is 356 g/mol. The van der Waals surface area contributed by atoms with Gasteiger partial charge in [0, 0.05) is 44.5 Å². The van der Waals surface area contributed by atoms with Crippen LogP contribution >= 0.6 is 0 Å².